The van der Waals surface area contributed by atoms with Crippen molar-refractivity contribution in [2.24, 2.45) is 0 Å². The number of aryl methyl sites for hydroxylation is 1. The van der Waals surface area contributed by atoms with Crippen LogP contribution in [0.15, 0.2) is 60.9 Å². The molecule has 3 rings (SSSR count). The second kappa shape index (κ2) is 4.73. The van der Waals surface area contributed by atoms with E-state index in [1.807, 2.05) is 65.3 Å². The van der Waals surface area contributed by atoms with Crippen LogP contribution < -0.4 is 0 Å². The molecule has 2 nitrogen and oxygen atoms in total. The zero-order valence-electron chi connectivity index (χ0n) is 10.8. The van der Waals surface area contributed by atoms with Crippen LogP contribution in [0.1, 0.15) is 28.4 Å². The van der Waals surface area contributed by atoms with E-state index in [0.29, 0.717) is 0 Å². The maximum atomic E-state index is 12.7. The molecule has 0 saturated heterocycles. The molecule has 3 aromatic rings. The van der Waals surface area contributed by atoms with Crippen LogP contribution >= 0.6 is 0 Å². The lowest BCUT2D eigenvalue weighted by Gasteiger charge is -2.02. The Labute approximate surface area is 112 Å². The molecule has 94 valence electrons. The Kier molecular flexibility index (Phi) is 2.92. The van der Waals surface area contributed by atoms with Crippen molar-refractivity contribution in [3.63, 3.8) is 0 Å². The van der Waals surface area contributed by atoms with Gasteiger partial charge in [0, 0.05) is 18.0 Å². The van der Waals surface area contributed by atoms with E-state index in [9.17, 15) is 4.79 Å². The van der Waals surface area contributed by atoms with Gasteiger partial charge in [0.1, 0.15) is 0 Å². The van der Waals surface area contributed by atoms with E-state index in [0.717, 1.165) is 28.6 Å². The number of fused-ring (bicyclic) bond motifs is 1. The molecule has 0 bridgehead atoms. The van der Waals surface area contributed by atoms with Gasteiger partial charge in [-0.05, 0) is 24.1 Å². The summed E-state index contributed by atoms with van der Waals surface area (Å²) in [7, 11) is 0. The van der Waals surface area contributed by atoms with Crippen LogP contribution in [0.4, 0.5) is 0 Å². The highest BCUT2D eigenvalue weighted by Gasteiger charge is 2.17. The number of hydrogen-bond donors (Lipinski definition) is 0. The molecule has 0 N–H and O–H groups in total. The molecule has 0 spiro atoms. The third kappa shape index (κ3) is 1.95. The topological polar surface area (TPSA) is 21.5 Å². The fourth-order valence-electron chi connectivity index (χ4n) is 2.44. The molecule has 0 saturated carbocycles. The molecule has 0 unspecified atom stereocenters. The lowest BCUT2D eigenvalue weighted by Crippen LogP contribution is -2.03. The van der Waals surface area contributed by atoms with Gasteiger partial charge in [-0.1, -0.05) is 43.3 Å². The maximum Gasteiger partial charge on any atom is 0.195 e. The Balaban J connectivity index is 2.21. The van der Waals surface area contributed by atoms with Gasteiger partial charge in [-0.15, -0.1) is 0 Å². The summed E-state index contributed by atoms with van der Waals surface area (Å²) in [6.07, 6.45) is 4.89. The molecule has 0 atom stereocenters. The van der Waals surface area contributed by atoms with Crippen molar-refractivity contribution in [1.29, 1.82) is 0 Å². The second-order valence-corrected chi connectivity index (χ2v) is 4.57. The van der Waals surface area contributed by atoms with Gasteiger partial charge in [0.15, 0.2) is 5.78 Å². The van der Waals surface area contributed by atoms with Crippen molar-refractivity contribution < 1.29 is 4.79 Å². The summed E-state index contributed by atoms with van der Waals surface area (Å²) in [4.78, 5) is 12.7. The Hall–Kier alpha value is -2.35. The Morgan fingerprint density at radius 3 is 2.53 bits per heavy atom. The monoisotopic (exact) mass is 249 g/mol. The number of aromatic nitrogens is 1. The highest BCUT2D eigenvalue weighted by Crippen LogP contribution is 2.22. The van der Waals surface area contributed by atoms with Crippen LogP contribution in [0, 0.1) is 0 Å². The third-order valence-corrected chi connectivity index (χ3v) is 3.41. The number of nitrogens with zero attached hydrogens (tertiary/aromatic N) is 1. The Bertz CT molecular complexity index is 725. The number of pyridine rings is 1. The zero-order chi connectivity index (χ0) is 13.2. The van der Waals surface area contributed by atoms with Gasteiger partial charge in [-0.3, -0.25) is 4.79 Å². The number of carbonyl (C=O) groups is 1. The summed E-state index contributed by atoms with van der Waals surface area (Å²) in [6.45, 7) is 2.08. The van der Waals surface area contributed by atoms with Crippen LogP contribution in [0.5, 0.6) is 0 Å². The number of hydrogen-bond acceptors (Lipinski definition) is 1. The van der Waals surface area contributed by atoms with Crippen molar-refractivity contribution in [3.8, 4) is 0 Å². The summed E-state index contributed by atoms with van der Waals surface area (Å²) >= 11 is 0. The third-order valence-electron chi connectivity index (χ3n) is 3.41. The molecule has 0 aliphatic carbocycles. The minimum Gasteiger partial charge on any atom is -0.323 e. The molecule has 0 fully saturated rings. The summed E-state index contributed by atoms with van der Waals surface area (Å²) < 4.78 is 2.02. The summed E-state index contributed by atoms with van der Waals surface area (Å²) in [5.41, 5.74) is 3.65. The van der Waals surface area contributed by atoms with Gasteiger partial charge in [-0.2, -0.15) is 0 Å². The quantitative estimate of drug-likeness (QED) is 0.648. The lowest BCUT2D eigenvalue weighted by atomic mass is 9.99. The van der Waals surface area contributed by atoms with Gasteiger partial charge in [0.2, 0.25) is 0 Å². The highest BCUT2D eigenvalue weighted by molar-refractivity contribution is 6.14. The van der Waals surface area contributed by atoms with Crippen LogP contribution in [0.25, 0.3) is 5.52 Å². The first kappa shape index (κ1) is 11.7. The molecular formula is C17H15NO. The van der Waals surface area contributed by atoms with Crippen molar-refractivity contribution in [1.82, 2.24) is 4.40 Å². The lowest BCUT2D eigenvalue weighted by molar-refractivity contribution is 0.103. The van der Waals surface area contributed by atoms with Crippen LogP contribution in [0.2, 0.25) is 0 Å². The van der Waals surface area contributed by atoms with Gasteiger partial charge < -0.3 is 4.40 Å². The van der Waals surface area contributed by atoms with Gasteiger partial charge >= 0.3 is 0 Å². The first-order valence-electron chi connectivity index (χ1n) is 6.49. The molecule has 2 aromatic heterocycles. The molecule has 0 radical (unpaired) electrons. The average molecular weight is 249 g/mol. The molecule has 1 aromatic carbocycles. The molecule has 19 heavy (non-hydrogen) atoms. The van der Waals surface area contributed by atoms with Crippen LogP contribution in [-0.2, 0) is 6.42 Å². The zero-order valence-corrected chi connectivity index (χ0v) is 10.8. The Morgan fingerprint density at radius 2 is 1.79 bits per heavy atom. The summed E-state index contributed by atoms with van der Waals surface area (Å²) in [6, 6.07) is 15.4. The van der Waals surface area contributed by atoms with Gasteiger partial charge in [0.25, 0.3) is 0 Å². The smallest absolute Gasteiger partial charge is 0.195 e. The molecular weight excluding hydrogens is 234 g/mol. The first-order chi connectivity index (χ1) is 9.31. The molecule has 2 heterocycles. The predicted octanol–water partition coefficient (Wildman–Crippen LogP) is 3.73. The van der Waals surface area contributed by atoms with E-state index >= 15 is 0 Å². The predicted molar refractivity (Wildman–Crippen MR) is 76.6 cm³/mol. The number of ketones is 1. The molecule has 2 heteroatoms. The van der Waals surface area contributed by atoms with E-state index in [1.165, 1.54) is 0 Å². The largest absolute Gasteiger partial charge is 0.323 e. The first-order valence-corrected chi connectivity index (χ1v) is 6.49. The van der Waals surface area contributed by atoms with E-state index in [1.54, 1.807) is 0 Å². The van der Waals surface area contributed by atoms with E-state index in [4.69, 9.17) is 0 Å². The molecule has 0 aliphatic heterocycles. The van der Waals surface area contributed by atoms with E-state index in [-0.39, 0.29) is 5.78 Å². The number of benzene rings is 1. The van der Waals surface area contributed by atoms with E-state index in [2.05, 4.69) is 6.92 Å². The van der Waals surface area contributed by atoms with Crippen LogP contribution in [-0.4, -0.2) is 10.2 Å². The highest BCUT2D eigenvalue weighted by atomic mass is 16.1. The fraction of sp³-hybridized carbons (Fsp3) is 0.118. The Morgan fingerprint density at radius 1 is 1.05 bits per heavy atom. The van der Waals surface area contributed by atoms with E-state index < -0.39 is 0 Å². The summed E-state index contributed by atoms with van der Waals surface area (Å²) in [5.74, 6) is 0.103. The SMILES string of the molecule is CCc1cn2ccccc2c1C(=O)c1ccccc1. The standard InChI is InChI=1S/C17H15NO/c1-2-13-12-18-11-7-6-10-15(18)16(13)17(19)14-8-4-3-5-9-14/h3-12H,2H2,1H3. The minimum absolute atomic E-state index is 0.103. The second-order valence-electron chi connectivity index (χ2n) is 4.57. The maximum absolute atomic E-state index is 12.7. The average Bonchev–Trinajstić information content (AvgIpc) is 2.86. The number of carbonyl (C=O) groups excluding carboxylic acids is 1. The van der Waals surface area contributed by atoms with Crippen molar-refractivity contribution in [2.75, 3.05) is 0 Å². The fourth-order valence-corrected chi connectivity index (χ4v) is 2.44. The van der Waals surface area contributed by atoms with Crippen molar-refractivity contribution in [2.45, 2.75) is 13.3 Å². The van der Waals surface area contributed by atoms with Gasteiger partial charge in [0.05, 0.1) is 11.1 Å². The van der Waals surface area contributed by atoms with Crippen molar-refractivity contribution in [3.05, 3.63) is 77.6 Å². The van der Waals surface area contributed by atoms with Crippen molar-refractivity contribution >= 4 is 11.3 Å². The molecule has 0 aliphatic rings. The van der Waals surface area contributed by atoms with Crippen LogP contribution in [0.3, 0.4) is 0 Å². The van der Waals surface area contributed by atoms with Gasteiger partial charge in [-0.25, -0.2) is 0 Å². The normalized spacial score (nSPS) is 10.8. The minimum atomic E-state index is 0.103. The molecule has 0 amide bonds. The summed E-state index contributed by atoms with van der Waals surface area (Å²) in [5, 5.41) is 0. The number of rotatable bonds is 3.